The fourth-order valence-electron chi connectivity index (χ4n) is 4.26. The topological polar surface area (TPSA) is 137 Å². The summed E-state index contributed by atoms with van der Waals surface area (Å²) in [5.41, 5.74) is -1.29. The van der Waals surface area contributed by atoms with Crippen molar-refractivity contribution in [3.63, 3.8) is 0 Å². The van der Waals surface area contributed by atoms with Crippen LogP contribution in [0.15, 0.2) is 17.6 Å². The minimum Gasteiger partial charge on any atom is -0.444 e. The number of piperidine rings is 1. The van der Waals surface area contributed by atoms with Gasteiger partial charge in [-0.15, -0.1) is 0 Å². The Bertz CT molecular complexity index is 1120. The molecule has 1 aromatic rings. The number of carbonyl (C=O) groups excluding carboxylic acids is 2. The molecule has 1 aromatic heterocycles. The van der Waals surface area contributed by atoms with Crippen molar-refractivity contribution in [1.29, 1.82) is 0 Å². The lowest BCUT2D eigenvalue weighted by atomic mass is 9.81. The van der Waals surface area contributed by atoms with Crippen molar-refractivity contribution in [3.8, 4) is 0 Å². The molecule has 2 aliphatic heterocycles. The summed E-state index contributed by atoms with van der Waals surface area (Å²) in [6.45, 7) is 16.9. The van der Waals surface area contributed by atoms with Crippen molar-refractivity contribution >= 4 is 34.4 Å². The number of rotatable bonds is 6. The van der Waals surface area contributed by atoms with Crippen LogP contribution in [0.4, 0.5) is 4.79 Å². The zero-order valence-electron chi connectivity index (χ0n) is 23.9. The number of aromatic nitrogens is 2. The molecule has 0 spiro atoms. The highest BCUT2D eigenvalue weighted by molar-refractivity contribution is 7.91. The van der Waals surface area contributed by atoms with Gasteiger partial charge in [-0.3, -0.25) is 4.79 Å². The number of nitrogens with one attached hydrogen (secondary N) is 1. The standard InChI is InChI=1S/C25H41BN4O7S/c1-16(2)19(29-22(32)35-23(3,4)5)20(31)30-12-10-11-18(15-30)38(33,34)21-27-13-17(14-28-21)26-36-24(6,7)25(8,9)37-26/h13-14,16,18-19H,10-12,15H2,1-9H3,(H,29,32)/t18-,19-/m1/s1. The van der Waals surface area contributed by atoms with Crippen molar-refractivity contribution in [2.75, 3.05) is 13.1 Å². The lowest BCUT2D eigenvalue weighted by Crippen LogP contribution is -2.55. The molecule has 0 aromatic carbocycles. The number of hydrogen-bond acceptors (Lipinski definition) is 9. The van der Waals surface area contributed by atoms with Gasteiger partial charge in [-0.25, -0.2) is 23.2 Å². The molecular formula is C25H41BN4O7S. The Morgan fingerprint density at radius 3 is 2.18 bits per heavy atom. The maximum atomic E-state index is 13.4. The molecule has 13 heteroatoms. The number of sulfone groups is 1. The zero-order valence-corrected chi connectivity index (χ0v) is 24.7. The van der Waals surface area contributed by atoms with E-state index in [1.54, 1.807) is 20.8 Å². The lowest BCUT2D eigenvalue weighted by Gasteiger charge is -2.35. The van der Waals surface area contributed by atoms with Crippen molar-refractivity contribution in [2.24, 2.45) is 5.92 Å². The molecule has 0 saturated carbocycles. The smallest absolute Gasteiger partial charge is 0.444 e. The van der Waals surface area contributed by atoms with E-state index in [0.717, 1.165) is 0 Å². The largest absolute Gasteiger partial charge is 0.498 e. The van der Waals surface area contributed by atoms with Gasteiger partial charge in [0.05, 0.1) is 16.5 Å². The van der Waals surface area contributed by atoms with E-state index in [1.807, 2.05) is 41.5 Å². The van der Waals surface area contributed by atoms with E-state index in [9.17, 15) is 18.0 Å². The first kappa shape index (κ1) is 30.3. The molecule has 2 amide bonds. The molecule has 0 radical (unpaired) electrons. The van der Waals surface area contributed by atoms with Gasteiger partial charge in [0.15, 0.2) is 0 Å². The molecule has 11 nitrogen and oxygen atoms in total. The number of amides is 2. The quantitative estimate of drug-likeness (QED) is 0.415. The summed E-state index contributed by atoms with van der Waals surface area (Å²) in [6, 6.07) is -0.846. The summed E-state index contributed by atoms with van der Waals surface area (Å²) in [6.07, 6.45) is 3.00. The summed E-state index contributed by atoms with van der Waals surface area (Å²) < 4.78 is 44.1. The van der Waals surface area contributed by atoms with Crippen LogP contribution in [0.5, 0.6) is 0 Å². The zero-order chi connectivity index (χ0) is 28.7. The van der Waals surface area contributed by atoms with Gasteiger partial charge >= 0.3 is 13.2 Å². The summed E-state index contributed by atoms with van der Waals surface area (Å²) >= 11 is 0. The van der Waals surface area contributed by atoms with Crippen LogP contribution in [-0.2, 0) is 28.7 Å². The number of carbonyl (C=O) groups is 2. The first-order valence-corrected chi connectivity index (χ1v) is 14.6. The van der Waals surface area contributed by atoms with Crippen molar-refractivity contribution in [2.45, 2.75) is 108 Å². The van der Waals surface area contributed by atoms with E-state index in [2.05, 4.69) is 15.3 Å². The number of hydrogen-bond donors (Lipinski definition) is 1. The van der Waals surface area contributed by atoms with E-state index >= 15 is 0 Å². The molecular weight excluding hydrogens is 511 g/mol. The third-order valence-electron chi connectivity index (χ3n) is 7.16. The molecule has 1 N–H and O–H groups in total. The normalized spacial score (nSPS) is 22.3. The average Bonchev–Trinajstić information content (AvgIpc) is 3.02. The van der Waals surface area contributed by atoms with Crippen molar-refractivity contribution < 1.29 is 32.1 Å². The SMILES string of the molecule is CC(C)[C@@H](NC(=O)OC(C)(C)C)C(=O)N1CCC[C@@H](S(=O)(=O)c2ncc(B3OC(C)(C)C(C)(C)O3)cn2)C1. The molecule has 3 heterocycles. The molecule has 212 valence electrons. The predicted molar refractivity (Wildman–Crippen MR) is 143 cm³/mol. The van der Waals surface area contributed by atoms with Crippen LogP contribution in [0.25, 0.3) is 0 Å². The average molecular weight is 553 g/mol. The lowest BCUT2D eigenvalue weighted by molar-refractivity contribution is -0.135. The van der Waals surface area contributed by atoms with Gasteiger partial charge in [-0.1, -0.05) is 13.8 Å². The number of likely N-dealkylation sites (tertiary alicyclic amines) is 1. The Balaban J connectivity index is 1.72. The Labute approximate surface area is 226 Å². The second-order valence-electron chi connectivity index (χ2n) is 12.3. The van der Waals surface area contributed by atoms with Gasteiger partial charge in [-0.05, 0) is 67.2 Å². The first-order chi connectivity index (χ1) is 17.3. The highest BCUT2D eigenvalue weighted by Gasteiger charge is 2.52. The predicted octanol–water partition coefficient (Wildman–Crippen LogP) is 2.09. The van der Waals surface area contributed by atoms with Crippen molar-refractivity contribution in [1.82, 2.24) is 20.2 Å². The molecule has 0 aliphatic carbocycles. The second-order valence-corrected chi connectivity index (χ2v) is 14.5. The molecule has 0 unspecified atom stereocenters. The van der Waals surface area contributed by atoms with Crippen LogP contribution in [0, 0.1) is 5.92 Å². The Morgan fingerprint density at radius 1 is 1.13 bits per heavy atom. The molecule has 2 aliphatic rings. The molecule has 38 heavy (non-hydrogen) atoms. The highest BCUT2D eigenvalue weighted by Crippen LogP contribution is 2.36. The summed E-state index contributed by atoms with van der Waals surface area (Å²) in [5.74, 6) is -0.569. The van der Waals surface area contributed by atoms with Crippen LogP contribution < -0.4 is 10.8 Å². The minimum absolute atomic E-state index is 0.0112. The summed E-state index contributed by atoms with van der Waals surface area (Å²) in [5, 5.41) is 1.48. The monoisotopic (exact) mass is 552 g/mol. The van der Waals surface area contributed by atoms with Crippen LogP contribution in [0.2, 0.25) is 0 Å². The molecule has 2 atom stereocenters. The summed E-state index contributed by atoms with van der Waals surface area (Å²) in [4.78, 5) is 35.4. The van der Waals surface area contributed by atoms with Crippen LogP contribution in [0.3, 0.4) is 0 Å². The molecule has 3 rings (SSSR count). The van der Waals surface area contributed by atoms with Crippen molar-refractivity contribution in [3.05, 3.63) is 12.4 Å². The van der Waals surface area contributed by atoms with Crippen LogP contribution >= 0.6 is 0 Å². The van der Waals surface area contributed by atoms with E-state index in [1.165, 1.54) is 17.3 Å². The van der Waals surface area contributed by atoms with Gasteiger partial charge < -0.3 is 24.3 Å². The van der Waals surface area contributed by atoms with Gasteiger partial charge in [0.25, 0.3) is 0 Å². The summed E-state index contributed by atoms with van der Waals surface area (Å²) in [7, 11) is -4.62. The fourth-order valence-corrected chi connectivity index (χ4v) is 5.81. The highest BCUT2D eigenvalue weighted by atomic mass is 32.2. The van der Waals surface area contributed by atoms with E-state index in [-0.39, 0.29) is 23.5 Å². The third kappa shape index (κ3) is 6.66. The Hall–Kier alpha value is -2.25. The number of nitrogens with zero attached hydrogens (tertiary/aromatic N) is 3. The van der Waals surface area contributed by atoms with Gasteiger partial charge in [-0.2, -0.15) is 0 Å². The number of alkyl carbamates (subject to hydrolysis) is 1. The first-order valence-electron chi connectivity index (χ1n) is 13.0. The van der Waals surface area contributed by atoms with Crippen LogP contribution in [-0.4, -0.2) is 83.6 Å². The minimum atomic E-state index is -3.92. The van der Waals surface area contributed by atoms with Gasteiger partial charge in [0.1, 0.15) is 11.6 Å². The van der Waals surface area contributed by atoms with Gasteiger partial charge in [0, 0.05) is 30.9 Å². The maximum absolute atomic E-state index is 13.4. The van der Waals surface area contributed by atoms with Gasteiger partial charge in [0.2, 0.25) is 20.9 Å². The number of ether oxygens (including phenoxy) is 1. The van der Waals surface area contributed by atoms with E-state index in [0.29, 0.717) is 24.8 Å². The third-order valence-corrected chi connectivity index (χ3v) is 9.14. The second kappa shape index (κ2) is 10.7. The Morgan fingerprint density at radius 2 is 1.68 bits per heavy atom. The molecule has 0 bridgehead atoms. The van der Waals surface area contributed by atoms with E-state index < -0.39 is 51.1 Å². The van der Waals surface area contributed by atoms with Crippen LogP contribution in [0.1, 0.15) is 75.2 Å². The Kier molecular flexibility index (Phi) is 8.55. The molecule has 2 saturated heterocycles. The fraction of sp³-hybridized carbons (Fsp3) is 0.760. The molecule has 2 fully saturated rings. The van der Waals surface area contributed by atoms with E-state index in [4.69, 9.17) is 14.0 Å². The maximum Gasteiger partial charge on any atom is 0.498 e.